The van der Waals surface area contributed by atoms with Crippen LogP contribution >= 0.6 is 0 Å². The van der Waals surface area contributed by atoms with Crippen LogP contribution in [0.25, 0.3) is 0 Å². The number of hydrogen-bond acceptors (Lipinski definition) is 1. The van der Waals surface area contributed by atoms with Crippen molar-refractivity contribution in [1.82, 2.24) is 10.2 Å². The van der Waals surface area contributed by atoms with Crippen LogP contribution in [-0.4, -0.2) is 24.0 Å². The molecule has 0 spiro atoms. The summed E-state index contributed by atoms with van der Waals surface area (Å²) in [6.07, 6.45) is 4.42. The van der Waals surface area contributed by atoms with E-state index >= 15 is 0 Å². The second kappa shape index (κ2) is 4.40. The van der Waals surface area contributed by atoms with E-state index in [-0.39, 0.29) is 12.1 Å². The monoisotopic (exact) mass is 230 g/mol. The first-order valence-corrected chi connectivity index (χ1v) is 6.48. The molecule has 0 radical (unpaired) electrons. The zero-order chi connectivity index (χ0) is 11.7. The van der Waals surface area contributed by atoms with E-state index < -0.39 is 0 Å². The number of nitrogens with one attached hydrogen (secondary N) is 1. The van der Waals surface area contributed by atoms with Crippen molar-refractivity contribution in [2.24, 2.45) is 0 Å². The van der Waals surface area contributed by atoms with Gasteiger partial charge >= 0.3 is 6.03 Å². The molecule has 17 heavy (non-hydrogen) atoms. The van der Waals surface area contributed by atoms with Gasteiger partial charge in [0.15, 0.2) is 0 Å². The van der Waals surface area contributed by atoms with Crippen LogP contribution in [0.1, 0.15) is 36.4 Å². The van der Waals surface area contributed by atoms with E-state index in [2.05, 4.69) is 29.6 Å². The molecule has 3 heteroatoms. The molecule has 1 saturated heterocycles. The molecule has 1 heterocycles. The van der Waals surface area contributed by atoms with Crippen LogP contribution in [-0.2, 0) is 6.42 Å². The minimum Gasteiger partial charge on any atom is -0.331 e. The van der Waals surface area contributed by atoms with Gasteiger partial charge in [-0.15, -0.1) is 0 Å². The molecule has 3 rings (SSSR count). The summed E-state index contributed by atoms with van der Waals surface area (Å²) in [5.74, 6) is 0. The number of carbonyl (C=O) groups is 1. The van der Waals surface area contributed by atoms with E-state index in [0.717, 1.165) is 38.8 Å². The lowest BCUT2D eigenvalue weighted by Gasteiger charge is -2.20. The minimum atomic E-state index is 0.115. The SMILES string of the molecule is O=C(NC1CCc2ccccc21)N1CCCC1. The van der Waals surface area contributed by atoms with Gasteiger partial charge in [0.05, 0.1) is 6.04 Å². The largest absolute Gasteiger partial charge is 0.331 e. The number of carbonyl (C=O) groups excluding carboxylic acids is 1. The zero-order valence-corrected chi connectivity index (χ0v) is 9.98. The van der Waals surface area contributed by atoms with Crippen molar-refractivity contribution >= 4 is 6.03 Å². The van der Waals surface area contributed by atoms with Gasteiger partial charge in [-0.05, 0) is 36.8 Å². The number of nitrogens with zero attached hydrogens (tertiary/aromatic N) is 1. The Morgan fingerprint density at radius 2 is 2.00 bits per heavy atom. The molecule has 0 saturated carbocycles. The van der Waals surface area contributed by atoms with E-state index in [1.807, 2.05) is 4.90 Å². The summed E-state index contributed by atoms with van der Waals surface area (Å²) in [6, 6.07) is 8.76. The Morgan fingerprint density at radius 3 is 2.82 bits per heavy atom. The third-order valence-electron chi connectivity index (χ3n) is 3.82. The maximum Gasteiger partial charge on any atom is 0.317 e. The van der Waals surface area contributed by atoms with Crippen molar-refractivity contribution in [3.63, 3.8) is 0 Å². The topological polar surface area (TPSA) is 32.3 Å². The van der Waals surface area contributed by atoms with E-state index in [1.54, 1.807) is 0 Å². The van der Waals surface area contributed by atoms with Crippen LogP contribution in [0.3, 0.4) is 0 Å². The molecule has 1 aromatic carbocycles. The van der Waals surface area contributed by atoms with Gasteiger partial charge < -0.3 is 10.2 Å². The van der Waals surface area contributed by atoms with Crippen LogP contribution in [0.5, 0.6) is 0 Å². The first-order valence-electron chi connectivity index (χ1n) is 6.48. The summed E-state index contributed by atoms with van der Waals surface area (Å²) in [7, 11) is 0. The number of rotatable bonds is 1. The summed E-state index contributed by atoms with van der Waals surface area (Å²) in [5, 5.41) is 3.16. The van der Waals surface area contributed by atoms with Crippen molar-refractivity contribution in [3.8, 4) is 0 Å². The molecule has 0 aromatic heterocycles. The number of fused-ring (bicyclic) bond motifs is 1. The number of likely N-dealkylation sites (tertiary alicyclic amines) is 1. The zero-order valence-electron chi connectivity index (χ0n) is 9.98. The molecule has 1 aliphatic heterocycles. The third kappa shape index (κ3) is 2.02. The number of benzene rings is 1. The first kappa shape index (κ1) is 10.6. The summed E-state index contributed by atoms with van der Waals surface area (Å²) >= 11 is 0. The third-order valence-corrected chi connectivity index (χ3v) is 3.82. The van der Waals surface area contributed by atoms with Gasteiger partial charge in [0.25, 0.3) is 0 Å². The predicted octanol–water partition coefficient (Wildman–Crippen LogP) is 2.48. The summed E-state index contributed by atoms with van der Waals surface area (Å²) < 4.78 is 0. The average molecular weight is 230 g/mol. The first-order chi connectivity index (χ1) is 8.34. The highest BCUT2D eigenvalue weighted by molar-refractivity contribution is 5.75. The van der Waals surface area contributed by atoms with Crippen molar-refractivity contribution < 1.29 is 4.79 Å². The Morgan fingerprint density at radius 1 is 1.24 bits per heavy atom. The van der Waals surface area contributed by atoms with Gasteiger partial charge in [0.2, 0.25) is 0 Å². The maximum atomic E-state index is 12.0. The van der Waals surface area contributed by atoms with Crippen LogP contribution in [0.15, 0.2) is 24.3 Å². The van der Waals surface area contributed by atoms with Crippen LogP contribution in [0, 0.1) is 0 Å². The van der Waals surface area contributed by atoms with Crippen molar-refractivity contribution in [1.29, 1.82) is 0 Å². The predicted molar refractivity (Wildman–Crippen MR) is 66.8 cm³/mol. The maximum absolute atomic E-state index is 12.0. The van der Waals surface area contributed by atoms with E-state index in [4.69, 9.17) is 0 Å². The molecule has 0 bridgehead atoms. The highest BCUT2D eigenvalue weighted by atomic mass is 16.2. The van der Waals surface area contributed by atoms with Crippen molar-refractivity contribution in [2.75, 3.05) is 13.1 Å². The van der Waals surface area contributed by atoms with Crippen LogP contribution in [0.4, 0.5) is 4.79 Å². The highest BCUT2D eigenvalue weighted by Crippen LogP contribution is 2.30. The standard InChI is InChI=1S/C14H18N2O/c17-14(16-9-3-4-10-16)15-13-8-7-11-5-1-2-6-12(11)13/h1-2,5-6,13H,3-4,7-10H2,(H,15,17). The second-order valence-corrected chi connectivity index (χ2v) is 4.93. The smallest absolute Gasteiger partial charge is 0.317 e. The fraction of sp³-hybridized carbons (Fsp3) is 0.500. The molecule has 1 fully saturated rings. The molecule has 1 N–H and O–H groups in total. The summed E-state index contributed by atoms with van der Waals surface area (Å²) in [4.78, 5) is 14.0. The molecule has 3 nitrogen and oxygen atoms in total. The number of amides is 2. The van der Waals surface area contributed by atoms with Gasteiger partial charge in [0.1, 0.15) is 0 Å². The van der Waals surface area contributed by atoms with Crippen LogP contribution in [0.2, 0.25) is 0 Å². The summed E-state index contributed by atoms with van der Waals surface area (Å²) in [5.41, 5.74) is 2.69. The van der Waals surface area contributed by atoms with Gasteiger partial charge in [0, 0.05) is 13.1 Å². The van der Waals surface area contributed by atoms with Crippen LogP contribution < -0.4 is 5.32 Å². The molecule has 1 aliphatic carbocycles. The molecule has 90 valence electrons. The summed E-state index contributed by atoms with van der Waals surface area (Å²) in [6.45, 7) is 1.83. The molecule has 2 amide bonds. The Hall–Kier alpha value is -1.51. The van der Waals surface area contributed by atoms with Gasteiger partial charge in [-0.3, -0.25) is 0 Å². The molecule has 1 atom stereocenters. The quantitative estimate of drug-likeness (QED) is 0.789. The average Bonchev–Trinajstić information content (AvgIpc) is 2.98. The molecule has 1 aromatic rings. The fourth-order valence-electron chi connectivity index (χ4n) is 2.87. The van der Waals surface area contributed by atoms with Crippen molar-refractivity contribution in [2.45, 2.75) is 31.7 Å². The molecular weight excluding hydrogens is 212 g/mol. The van der Waals surface area contributed by atoms with Gasteiger partial charge in [-0.1, -0.05) is 24.3 Å². The highest BCUT2D eigenvalue weighted by Gasteiger charge is 2.26. The lowest BCUT2D eigenvalue weighted by atomic mass is 10.1. The van der Waals surface area contributed by atoms with E-state index in [1.165, 1.54) is 11.1 Å². The van der Waals surface area contributed by atoms with E-state index in [9.17, 15) is 4.79 Å². The Balaban J connectivity index is 1.68. The van der Waals surface area contributed by atoms with E-state index in [0.29, 0.717) is 0 Å². The Labute approximate surface area is 102 Å². The molecular formula is C14H18N2O. The number of urea groups is 1. The fourth-order valence-corrected chi connectivity index (χ4v) is 2.87. The minimum absolute atomic E-state index is 0.115. The molecule has 2 aliphatic rings. The second-order valence-electron chi connectivity index (χ2n) is 4.93. The number of aryl methyl sites for hydroxylation is 1. The molecule has 1 unspecified atom stereocenters. The van der Waals surface area contributed by atoms with Crippen molar-refractivity contribution in [3.05, 3.63) is 35.4 Å². The van der Waals surface area contributed by atoms with Gasteiger partial charge in [-0.2, -0.15) is 0 Å². The normalized spacial score (nSPS) is 22.6. The number of hydrogen-bond donors (Lipinski definition) is 1. The Kier molecular flexibility index (Phi) is 2.75. The lowest BCUT2D eigenvalue weighted by Crippen LogP contribution is -2.39. The Bertz CT molecular complexity index is 424. The van der Waals surface area contributed by atoms with Gasteiger partial charge in [-0.25, -0.2) is 4.79 Å². The lowest BCUT2D eigenvalue weighted by molar-refractivity contribution is 0.204.